The van der Waals surface area contributed by atoms with Crippen molar-refractivity contribution < 1.29 is 27.7 Å². The molecule has 1 aliphatic rings. The summed E-state index contributed by atoms with van der Waals surface area (Å²) in [6.07, 6.45) is 0. The van der Waals surface area contributed by atoms with Gasteiger partial charge >= 0.3 is 0 Å². The van der Waals surface area contributed by atoms with Crippen molar-refractivity contribution in [3.63, 3.8) is 0 Å². The summed E-state index contributed by atoms with van der Waals surface area (Å²) in [5, 5.41) is 4.05. The van der Waals surface area contributed by atoms with E-state index in [-0.39, 0.29) is 56.0 Å². The van der Waals surface area contributed by atoms with E-state index in [0.29, 0.717) is 0 Å². The molecule has 0 aliphatic carbocycles. The topological polar surface area (TPSA) is 103 Å². The molecule has 1 aliphatic heterocycles. The van der Waals surface area contributed by atoms with Crippen LogP contribution in [0.4, 0.5) is 4.39 Å². The number of nitrogens with zero attached hydrogens (tertiary/aromatic N) is 2. The van der Waals surface area contributed by atoms with Crippen LogP contribution in [-0.4, -0.2) is 75.8 Å². The van der Waals surface area contributed by atoms with Gasteiger partial charge in [-0.25, -0.2) is 12.8 Å². The first-order valence-electron chi connectivity index (χ1n) is 7.91. The van der Waals surface area contributed by atoms with Crippen molar-refractivity contribution in [3.8, 4) is 0 Å². The Morgan fingerprint density at radius 3 is 2.40 bits per heavy atom. The van der Waals surface area contributed by atoms with Crippen LogP contribution in [0, 0.1) is 5.82 Å². The fraction of sp³-hybridized carbons (Fsp3) is 0.467. The van der Waals surface area contributed by atoms with Crippen molar-refractivity contribution in [1.29, 1.82) is 0 Å². The number of likely N-dealkylation sites (N-methyl/N-ethyl adjacent to an activating group) is 1. The number of quaternary nitrogens is 1. The summed E-state index contributed by atoms with van der Waals surface area (Å²) in [7, 11) is -2.39. The monoisotopic (exact) mass is 373 g/mol. The van der Waals surface area contributed by atoms with Gasteiger partial charge in [-0.1, -0.05) is 12.1 Å². The van der Waals surface area contributed by atoms with Crippen molar-refractivity contribution >= 4 is 21.8 Å². The Labute approximate surface area is 146 Å². The summed E-state index contributed by atoms with van der Waals surface area (Å²) in [6.45, 7) is 0.966. The molecule has 2 rings (SSSR count). The van der Waals surface area contributed by atoms with Gasteiger partial charge in [-0.15, -0.1) is 0 Å². The highest BCUT2D eigenvalue weighted by atomic mass is 32.2. The number of piperazine rings is 1. The standard InChI is InChI=1S/C15H21FN4O4S/c1-17-14(21)10-18-11-15(22)19-6-8-20(9-7-19)25(23,24)13-5-3-2-4-12(13)16/h2-5,18H,6-11H2,1H3,(H,17,21)/p+1. The van der Waals surface area contributed by atoms with Crippen molar-refractivity contribution in [2.24, 2.45) is 0 Å². The van der Waals surface area contributed by atoms with Crippen LogP contribution < -0.4 is 10.6 Å². The van der Waals surface area contributed by atoms with E-state index in [1.807, 2.05) is 0 Å². The van der Waals surface area contributed by atoms with Gasteiger partial charge in [0, 0.05) is 33.2 Å². The van der Waals surface area contributed by atoms with Gasteiger partial charge in [0.25, 0.3) is 11.8 Å². The molecule has 8 nitrogen and oxygen atoms in total. The predicted molar refractivity (Wildman–Crippen MR) is 87.5 cm³/mol. The summed E-state index contributed by atoms with van der Waals surface area (Å²) in [4.78, 5) is 24.4. The number of hydrogen-bond donors (Lipinski definition) is 2. The van der Waals surface area contributed by atoms with Crippen LogP contribution in [0.15, 0.2) is 29.2 Å². The molecule has 1 heterocycles. The Morgan fingerprint density at radius 2 is 1.80 bits per heavy atom. The molecule has 25 heavy (non-hydrogen) atoms. The van der Waals surface area contributed by atoms with Gasteiger partial charge in [0.15, 0.2) is 13.1 Å². The number of benzene rings is 1. The highest BCUT2D eigenvalue weighted by molar-refractivity contribution is 7.89. The number of sulfonamides is 1. The first-order chi connectivity index (χ1) is 11.9. The minimum absolute atomic E-state index is 0.109. The van der Waals surface area contributed by atoms with Gasteiger partial charge in [-0.2, -0.15) is 4.31 Å². The number of nitrogens with one attached hydrogen (secondary N) is 1. The average Bonchev–Trinajstić information content (AvgIpc) is 2.61. The van der Waals surface area contributed by atoms with Crippen molar-refractivity contribution in [1.82, 2.24) is 14.5 Å². The van der Waals surface area contributed by atoms with Crippen LogP contribution in [0.5, 0.6) is 0 Å². The van der Waals surface area contributed by atoms with Crippen LogP contribution in [0.3, 0.4) is 0 Å². The van der Waals surface area contributed by atoms with E-state index in [2.05, 4.69) is 5.32 Å². The number of carbonyl (C=O) groups excluding carboxylic acids is 2. The predicted octanol–water partition coefficient (Wildman–Crippen LogP) is -2.03. The number of halogens is 1. The smallest absolute Gasteiger partial charge is 0.277 e. The lowest BCUT2D eigenvalue weighted by molar-refractivity contribution is -0.633. The summed E-state index contributed by atoms with van der Waals surface area (Å²) >= 11 is 0. The fourth-order valence-corrected chi connectivity index (χ4v) is 4.02. The van der Waals surface area contributed by atoms with E-state index >= 15 is 0 Å². The molecule has 1 saturated heterocycles. The second-order valence-electron chi connectivity index (χ2n) is 5.59. The largest absolute Gasteiger partial charge is 0.354 e. The van der Waals surface area contributed by atoms with Crippen LogP contribution in [0.2, 0.25) is 0 Å². The van der Waals surface area contributed by atoms with Crippen molar-refractivity contribution in [3.05, 3.63) is 30.1 Å². The number of nitrogens with two attached hydrogens (primary N) is 1. The van der Waals surface area contributed by atoms with Crippen LogP contribution in [0.1, 0.15) is 0 Å². The zero-order chi connectivity index (χ0) is 18.4. The molecular weight excluding hydrogens is 351 g/mol. The Balaban J connectivity index is 1.90. The van der Waals surface area contributed by atoms with Crippen molar-refractivity contribution in [2.45, 2.75) is 4.90 Å². The SMILES string of the molecule is CNC(=O)C[NH2+]CC(=O)N1CCN(S(=O)(=O)c2ccccc2F)CC1. The second kappa shape index (κ2) is 8.37. The molecule has 1 aromatic rings. The van der Waals surface area contributed by atoms with Gasteiger partial charge in [-0.05, 0) is 12.1 Å². The van der Waals surface area contributed by atoms with Gasteiger partial charge in [0.2, 0.25) is 10.0 Å². The molecule has 138 valence electrons. The first kappa shape index (κ1) is 19.3. The number of carbonyl (C=O) groups is 2. The van der Waals surface area contributed by atoms with E-state index < -0.39 is 15.8 Å². The summed E-state index contributed by atoms with van der Waals surface area (Å²) in [5.41, 5.74) is 0. The Kier molecular flexibility index (Phi) is 6.45. The molecule has 0 aromatic heterocycles. The van der Waals surface area contributed by atoms with E-state index in [1.54, 1.807) is 10.2 Å². The molecule has 1 aromatic carbocycles. The molecule has 2 amide bonds. The molecule has 10 heteroatoms. The van der Waals surface area contributed by atoms with Gasteiger partial charge in [-0.3, -0.25) is 9.59 Å². The minimum atomic E-state index is -3.91. The second-order valence-corrected chi connectivity index (χ2v) is 7.49. The molecule has 0 atom stereocenters. The zero-order valence-corrected chi connectivity index (χ0v) is 14.8. The maximum absolute atomic E-state index is 13.8. The molecule has 0 unspecified atom stereocenters. The van der Waals surface area contributed by atoms with E-state index in [9.17, 15) is 22.4 Å². The third-order valence-corrected chi connectivity index (χ3v) is 5.91. The molecular formula is C15H22FN4O4S+. The number of hydrogen-bond acceptors (Lipinski definition) is 4. The summed E-state index contributed by atoms with van der Waals surface area (Å²) < 4.78 is 39.9. The Bertz CT molecular complexity index is 733. The summed E-state index contributed by atoms with van der Waals surface area (Å²) in [6, 6.07) is 5.24. The maximum atomic E-state index is 13.8. The van der Waals surface area contributed by atoms with Crippen molar-refractivity contribution in [2.75, 3.05) is 46.3 Å². The normalized spacial score (nSPS) is 15.8. The van der Waals surface area contributed by atoms with Crippen LogP contribution in [-0.2, 0) is 19.6 Å². The molecule has 1 fully saturated rings. The highest BCUT2D eigenvalue weighted by Gasteiger charge is 2.31. The van der Waals surface area contributed by atoms with Crippen LogP contribution >= 0.6 is 0 Å². The van der Waals surface area contributed by atoms with Gasteiger partial charge in [0.05, 0.1) is 0 Å². The fourth-order valence-electron chi connectivity index (χ4n) is 2.53. The lowest BCUT2D eigenvalue weighted by Gasteiger charge is -2.33. The Morgan fingerprint density at radius 1 is 1.16 bits per heavy atom. The van der Waals surface area contributed by atoms with Crippen LogP contribution in [0.25, 0.3) is 0 Å². The van der Waals surface area contributed by atoms with E-state index in [0.717, 1.165) is 6.07 Å². The third kappa shape index (κ3) is 4.74. The maximum Gasteiger partial charge on any atom is 0.277 e. The Hall–Kier alpha value is -2.04. The molecule has 0 saturated carbocycles. The highest BCUT2D eigenvalue weighted by Crippen LogP contribution is 2.20. The minimum Gasteiger partial charge on any atom is -0.354 e. The number of amides is 2. The van der Waals surface area contributed by atoms with Gasteiger partial charge < -0.3 is 15.5 Å². The average molecular weight is 373 g/mol. The third-order valence-electron chi connectivity index (χ3n) is 3.97. The first-order valence-corrected chi connectivity index (χ1v) is 9.35. The quantitative estimate of drug-likeness (QED) is 0.600. The number of rotatable bonds is 6. The zero-order valence-electron chi connectivity index (χ0n) is 13.9. The lowest BCUT2D eigenvalue weighted by atomic mass is 10.3. The molecule has 0 radical (unpaired) electrons. The molecule has 0 bridgehead atoms. The van der Waals surface area contributed by atoms with E-state index in [4.69, 9.17) is 0 Å². The molecule has 0 spiro atoms. The molecule has 3 N–H and O–H groups in total. The lowest BCUT2D eigenvalue weighted by Crippen LogP contribution is -2.88. The van der Waals surface area contributed by atoms with E-state index in [1.165, 1.54) is 29.6 Å². The summed E-state index contributed by atoms with van der Waals surface area (Å²) in [5.74, 6) is -1.12. The van der Waals surface area contributed by atoms with Gasteiger partial charge in [0.1, 0.15) is 10.7 Å².